The first kappa shape index (κ1) is 12.5. The third-order valence-electron chi connectivity index (χ3n) is 2.23. The Morgan fingerprint density at radius 2 is 2.29 bits per heavy atom. The van der Waals surface area contributed by atoms with Gasteiger partial charge in [0.15, 0.2) is 0 Å². The quantitative estimate of drug-likeness (QED) is 0.780. The number of alkyl halides is 4. The van der Waals surface area contributed by atoms with Gasteiger partial charge in [-0.3, -0.25) is 4.90 Å². The van der Waals surface area contributed by atoms with Crippen LogP contribution < -0.4 is 4.90 Å². The Bertz CT molecular complexity index is 434. The number of nitrogens with zero attached hydrogens (tertiary/aromatic N) is 1. The van der Waals surface area contributed by atoms with Crippen LogP contribution in [0.25, 0.3) is 0 Å². The van der Waals surface area contributed by atoms with Gasteiger partial charge in [-0.05, 0) is 6.07 Å². The lowest BCUT2D eigenvalue weighted by Crippen LogP contribution is -2.23. The van der Waals surface area contributed by atoms with Gasteiger partial charge in [-0.1, -0.05) is 0 Å². The molecule has 1 amide bonds. The summed E-state index contributed by atoms with van der Waals surface area (Å²) < 4.78 is 42.0. The van der Waals surface area contributed by atoms with Crippen LogP contribution in [0.15, 0.2) is 11.4 Å². The molecule has 1 saturated heterocycles. The fraction of sp³-hybridized carbons (Fsp3) is 0.444. The Kier molecular flexibility index (Phi) is 3.22. The number of anilines is 1. The number of hydrogen-bond acceptors (Lipinski definition) is 3. The molecule has 0 aliphatic carbocycles. The molecule has 1 aliphatic heterocycles. The minimum Gasteiger partial charge on any atom is -0.443 e. The molecule has 1 aromatic heterocycles. The summed E-state index contributed by atoms with van der Waals surface area (Å²) >= 11 is 6.38. The van der Waals surface area contributed by atoms with Crippen molar-refractivity contribution >= 4 is 34.0 Å². The van der Waals surface area contributed by atoms with Gasteiger partial charge in [0.05, 0.1) is 18.0 Å². The maximum absolute atomic E-state index is 12.4. The third kappa shape index (κ3) is 2.50. The fourth-order valence-electron chi connectivity index (χ4n) is 1.40. The van der Waals surface area contributed by atoms with Crippen LogP contribution in [0.1, 0.15) is 5.56 Å². The molecule has 0 bridgehead atoms. The van der Waals surface area contributed by atoms with Gasteiger partial charge in [0.1, 0.15) is 11.1 Å². The summed E-state index contributed by atoms with van der Waals surface area (Å²) in [7, 11) is 0. The highest BCUT2D eigenvalue weighted by Crippen LogP contribution is 2.37. The Hall–Kier alpha value is -0.950. The van der Waals surface area contributed by atoms with E-state index in [0.29, 0.717) is 0 Å². The zero-order valence-corrected chi connectivity index (χ0v) is 9.90. The maximum atomic E-state index is 12.4. The molecule has 0 saturated carbocycles. The lowest BCUT2D eigenvalue weighted by atomic mass is 10.3. The Morgan fingerprint density at radius 1 is 1.59 bits per heavy atom. The Labute approximate surface area is 104 Å². The van der Waals surface area contributed by atoms with Crippen molar-refractivity contribution in [2.45, 2.75) is 12.3 Å². The zero-order chi connectivity index (χ0) is 12.6. The van der Waals surface area contributed by atoms with Gasteiger partial charge in [-0.25, -0.2) is 4.79 Å². The molecule has 0 N–H and O–H groups in total. The van der Waals surface area contributed by atoms with Crippen molar-refractivity contribution in [3.8, 4) is 0 Å². The van der Waals surface area contributed by atoms with E-state index in [-0.39, 0.29) is 17.4 Å². The molecule has 1 aromatic rings. The van der Waals surface area contributed by atoms with Crippen LogP contribution >= 0.6 is 22.9 Å². The lowest BCUT2D eigenvalue weighted by Gasteiger charge is -2.09. The van der Waals surface area contributed by atoms with Gasteiger partial charge in [0, 0.05) is 5.38 Å². The SMILES string of the molecule is O=C1OC(CCl)CN1c1cc(C(F)(F)F)cs1. The van der Waals surface area contributed by atoms with Gasteiger partial charge in [-0.15, -0.1) is 22.9 Å². The predicted octanol–water partition coefficient (Wildman–Crippen LogP) is 3.33. The van der Waals surface area contributed by atoms with E-state index in [4.69, 9.17) is 16.3 Å². The summed E-state index contributed by atoms with van der Waals surface area (Å²) in [5, 5.41) is 1.19. The van der Waals surface area contributed by atoms with Gasteiger partial charge in [0.2, 0.25) is 0 Å². The third-order valence-corrected chi connectivity index (χ3v) is 3.52. The van der Waals surface area contributed by atoms with Crippen molar-refractivity contribution < 1.29 is 22.7 Å². The second kappa shape index (κ2) is 4.38. The van der Waals surface area contributed by atoms with E-state index in [2.05, 4.69) is 0 Å². The van der Waals surface area contributed by atoms with Gasteiger partial charge in [0.25, 0.3) is 0 Å². The summed E-state index contributed by atoms with van der Waals surface area (Å²) in [6.45, 7) is 0.181. The number of amides is 1. The number of rotatable bonds is 2. The minimum atomic E-state index is -4.40. The zero-order valence-electron chi connectivity index (χ0n) is 8.33. The molecular formula is C9H7ClF3NO2S. The fourth-order valence-corrected chi connectivity index (χ4v) is 2.48. The Balaban J connectivity index is 2.19. The van der Waals surface area contributed by atoms with E-state index in [1.54, 1.807) is 0 Å². The highest BCUT2D eigenvalue weighted by atomic mass is 35.5. The molecule has 0 radical (unpaired) electrons. The number of carbonyl (C=O) groups is 1. The van der Waals surface area contributed by atoms with E-state index >= 15 is 0 Å². The molecule has 0 aromatic carbocycles. The molecule has 1 fully saturated rings. The molecule has 94 valence electrons. The van der Waals surface area contributed by atoms with Gasteiger partial charge in [-0.2, -0.15) is 13.2 Å². The van der Waals surface area contributed by atoms with E-state index in [1.165, 1.54) is 0 Å². The lowest BCUT2D eigenvalue weighted by molar-refractivity contribution is -0.137. The first-order valence-corrected chi connectivity index (χ1v) is 6.03. The van der Waals surface area contributed by atoms with Crippen LogP contribution in [-0.4, -0.2) is 24.6 Å². The number of thiophene rings is 1. The predicted molar refractivity (Wildman–Crippen MR) is 57.7 cm³/mol. The largest absolute Gasteiger partial charge is 0.443 e. The molecule has 2 rings (SSSR count). The van der Waals surface area contributed by atoms with Crippen LogP contribution in [0.3, 0.4) is 0 Å². The second-order valence-corrected chi connectivity index (χ2v) is 4.64. The molecule has 8 heteroatoms. The standard InChI is InChI=1S/C9H7ClF3NO2S/c10-2-6-3-14(8(15)16-6)7-1-5(4-17-7)9(11,12)13/h1,4,6H,2-3H2. The number of halogens is 4. The molecule has 17 heavy (non-hydrogen) atoms. The van der Waals surface area contributed by atoms with Crippen molar-refractivity contribution in [3.63, 3.8) is 0 Å². The minimum absolute atomic E-state index is 0.125. The van der Waals surface area contributed by atoms with Crippen molar-refractivity contribution in [1.29, 1.82) is 0 Å². The Morgan fingerprint density at radius 3 is 2.76 bits per heavy atom. The highest BCUT2D eigenvalue weighted by molar-refractivity contribution is 7.14. The normalized spacial score (nSPS) is 20.8. The first-order valence-electron chi connectivity index (χ1n) is 4.61. The van der Waals surface area contributed by atoms with Crippen molar-refractivity contribution in [2.24, 2.45) is 0 Å². The van der Waals surface area contributed by atoms with Crippen LogP contribution in [0.4, 0.5) is 23.0 Å². The molecular weight excluding hydrogens is 279 g/mol. The molecule has 0 spiro atoms. The van der Waals surface area contributed by atoms with Gasteiger partial charge >= 0.3 is 12.3 Å². The molecule has 1 atom stereocenters. The topological polar surface area (TPSA) is 29.5 Å². The number of hydrogen-bond donors (Lipinski definition) is 0. The van der Waals surface area contributed by atoms with Crippen molar-refractivity contribution in [2.75, 3.05) is 17.3 Å². The average Bonchev–Trinajstić information content (AvgIpc) is 2.82. The van der Waals surface area contributed by atoms with Crippen LogP contribution in [0.5, 0.6) is 0 Å². The number of ether oxygens (including phenoxy) is 1. The van der Waals surface area contributed by atoms with Crippen molar-refractivity contribution in [3.05, 3.63) is 17.0 Å². The van der Waals surface area contributed by atoms with E-state index in [0.717, 1.165) is 27.7 Å². The maximum Gasteiger partial charge on any atom is 0.417 e. The van der Waals surface area contributed by atoms with Crippen LogP contribution in [-0.2, 0) is 10.9 Å². The molecule has 2 heterocycles. The van der Waals surface area contributed by atoms with Crippen LogP contribution in [0, 0.1) is 0 Å². The summed E-state index contributed by atoms with van der Waals surface area (Å²) in [4.78, 5) is 12.5. The molecule has 1 aliphatic rings. The summed E-state index contributed by atoms with van der Waals surface area (Å²) in [6.07, 6.45) is -5.53. The average molecular weight is 286 g/mol. The first-order chi connectivity index (χ1) is 7.91. The number of carbonyl (C=O) groups excluding carboxylic acids is 1. The van der Waals surface area contributed by atoms with Gasteiger partial charge < -0.3 is 4.74 Å². The smallest absolute Gasteiger partial charge is 0.417 e. The summed E-state index contributed by atoms with van der Waals surface area (Å²) in [5.74, 6) is 0.125. The highest BCUT2D eigenvalue weighted by Gasteiger charge is 2.36. The van der Waals surface area contributed by atoms with E-state index in [9.17, 15) is 18.0 Å². The van der Waals surface area contributed by atoms with E-state index < -0.39 is 23.9 Å². The monoisotopic (exact) mass is 285 g/mol. The van der Waals surface area contributed by atoms with E-state index in [1.807, 2.05) is 0 Å². The van der Waals surface area contributed by atoms with Crippen molar-refractivity contribution in [1.82, 2.24) is 0 Å². The summed E-state index contributed by atoms with van der Waals surface area (Å²) in [6, 6.07) is 0.933. The second-order valence-electron chi connectivity index (χ2n) is 3.44. The molecule has 1 unspecified atom stereocenters. The van der Waals surface area contributed by atoms with Crippen LogP contribution in [0.2, 0.25) is 0 Å². The molecule has 3 nitrogen and oxygen atoms in total. The summed E-state index contributed by atoms with van der Waals surface area (Å²) in [5.41, 5.74) is -0.764. The number of cyclic esters (lactones) is 1.